The van der Waals surface area contributed by atoms with Crippen molar-refractivity contribution in [3.8, 4) is 0 Å². The third-order valence-corrected chi connectivity index (χ3v) is 5.67. The fraction of sp³-hybridized carbons (Fsp3) is 0.467. The van der Waals surface area contributed by atoms with Crippen LogP contribution in [0.1, 0.15) is 31.4 Å². The zero-order valence-electron chi connectivity index (χ0n) is 14.6. The molecule has 1 aromatic heterocycles. The second-order valence-corrected chi connectivity index (χ2v) is 7.88. The number of carbonyl (C=O) groups is 1. The van der Waals surface area contributed by atoms with Crippen LogP contribution in [0.25, 0.3) is 0 Å². The minimum atomic E-state index is -3.83. The molecule has 2 aromatic rings. The van der Waals surface area contributed by atoms with Gasteiger partial charge in [0.25, 0.3) is 16.0 Å². The Morgan fingerprint density at radius 1 is 1.38 bits per heavy atom. The van der Waals surface area contributed by atoms with Gasteiger partial charge in [0.1, 0.15) is 0 Å². The molecule has 0 bridgehead atoms. The normalized spacial score (nSPS) is 15.2. The molecule has 2 heterocycles. The highest BCUT2D eigenvalue weighted by molar-refractivity contribution is 7.92. The van der Waals surface area contributed by atoms with Gasteiger partial charge < -0.3 is 10.2 Å². The number of anilines is 1. The lowest BCUT2D eigenvalue weighted by molar-refractivity contribution is 0.188. The smallest absolute Gasteiger partial charge is 0.317 e. The highest BCUT2D eigenvalue weighted by atomic mass is 32.2. The molecule has 0 radical (unpaired) electrons. The van der Waals surface area contributed by atoms with Crippen molar-refractivity contribution in [1.29, 1.82) is 0 Å². The van der Waals surface area contributed by atoms with E-state index in [1.165, 1.54) is 6.07 Å². The lowest BCUT2D eigenvalue weighted by atomic mass is 10.0. The minimum absolute atomic E-state index is 0.0882. The summed E-state index contributed by atoms with van der Waals surface area (Å²) < 4.78 is 27.2. The molecule has 2 amide bonds. The molecule has 10 nitrogen and oxygen atoms in total. The lowest BCUT2D eigenvalue weighted by Crippen LogP contribution is -2.45. The fourth-order valence-electron chi connectivity index (χ4n) is 2.66. The second kappa shape index (κ2) is 7.28. The van der Waals surface area contributed by atoms with E-state index in [0.717, 1.165) is 17.5 Å². The molecule has 1 aliphatic heterocycles. The van der Waals surface area contributed by atoms with Crippen LogP contribution in [0.5, 0.6) is 0 Å². The Labute approximate surface area is 151 Å². The first kappa shape index (κ1) is 18.1. The maximum atomic E-state index is 12.5. The standard InChI is InChI=1S/C15H21N7O3S/c1-3-10(2)16-15(23)22-7-6-11-4-5-13(8-12(11)9-22)26(24,25)19-14-17-20-21-18-14/h4-5,8,10H,3,6-7,9H2,1-2H3,(H,16,23)(H2,17,18,19,20,21)/t10-/m0/s1. The van der Waals surface area contributed by atoms with Gasteiger partial charge in [0.15, 0.2) is 0 Å². The monoisotopic (exact) mass is 379 g/mol. The number of nitrogens with one attached hydrogen (secondary N) is 3. The summed E-state index contributed by atoms with van der Waals surface area (Å²) in [5.41, 5.74) is 1.85. The molecule has 0 aliphatic carbocycles. The van der Waals surface area contributed by atoms with E-state index in [1.807, 2.05) is 13.8 Å². The first-order chi connectivity index (χ1) is 12.4. The molecular weight excluding hydrogens is 358 g/mol. The Bertz CT molecular complexity index is 883. The van der Waals surface area contributed by atoms with Crippen molar-refractivity contribution in [3.05, 3.63) is 29.3 Å². The number of benzene rings is 1. The topological polar surface area (TPSA) is 133 Å². The van der Waals surface area contributed by atoms with Crippen LogP contribution in [0.4, 0.5) is 10.7 Å². The van der Waals surface area contributed by atoms with E-state index >= 15 is 0 Å². The predicted octanol–water partition coefficient (Wildman–Crippen LogP) is 0.867. The molecule has 0 saturated carbocycles. The first-order valence-electron chi connectivity index (χ1n) is 8.32. The van der Waals surface area contributed by atoms with Crippen LogP contribution in [-0.4, -0.2) is 52.6 Å². The number of hydrogen-bond acceptors (Lipinski definition) is 6. The molecule has 0 unspecified atom stereocenters. The molecule has 1 aromatic carbocycles. The summed E-state index contributed by atoms with van der Waals surface area (Å²) in [7, 11) is -3.83. The number of urea groups is 1. The van der Waals surface area contributed by atoms with Gasteiger partial charge in [0.05, 0.1) is 4.90 Å². The molecule has 0 fully saturated rings. The van der Waals surface area contributed by atoms with Gasteiger partial charge in [-0.3, -0.25) is 0 Å². The van der Waals surface area contributed by atoms with Crippen LogP contribution in [0.2, 0.25) is 0 Å². The van der Waals surface area contributed by atoms with Crippen molar-refractivity contribution in [2.45, 2.75) is 44.2 Å². The van der Waals surface area contributed by atoms with Gasteiger partial charge in [0, 0.05) is 19.1 Å². The largest absolute Gasteiger partial charge is 0.336 e. The Balaban J connectivity index is 1.78. The van der Waals surface area contributed by atoms with Gasteiger partial charge in [0.2, 0.25) is 0 Å². The molecule has 3 N–H and O–H groups in total. The summed E-state index contributed by atoms with van der Waals surface area (Å²) in [4.78, 5) is 14.1. The molecule has 1 aliphatic rings. The average Bonchev–Trinajstić information content (AvgIpc) is 3.12. The van der Waals surface area contributed by atoms with Crippen LogP contribution < -0.4 is 10.0 Å². The van der Waals surface area contributed by atoms with E-state index in [2.05, 4.69) is 30.7 Å². The van der Waals surface area contributed by atoms with E-state index in [-0.39, 0.29) is 22.9 Å². The van der Waals surface area contributed by atoms with Crippen LogP contribution in [0.3, 0.4) is 0 Å². The van der Waals surface area contributed by atoms with Gasteiger partial charge in [-0.1, -0.05) is 18.1 Å². The molecule has 11 heteroatoms. The molecule has 26 heavy (non-hydrogen) atoms. The third-order valence-electron chi connectivity index (χ3n) is 4.34. The number of aromatic nitrogens is 4. The number of H-pyrrole nitrogens is 1. The number of rotatable bonds is 5. The van der Waals surface area contributed by atoms with Crippen LogP contribution >= 0.6 is 0 Å². The lowest BCUT2D eigenvalue weighted by Gasteiger charge is -2.30. The molecule has 0 spiro atoms. The van der Waals surface area contributed by atoms with Gasteiger partial charge >= 0.3 is 6.03 Å². The Morgan fingerprint density at radius 3 is 2.88 bits per heavy atom. The first-order valence-corrected chi connectivity index (χ1v) is 9.81. The van der Waals surface area contributed by atoms with Gasteiger partial charge in [-0.15, -0.1) is 5.10 Å². The van der Waals surface area contributed by atoms with E-state index in [1.54, 1.807) is 17.0 Å². The Morgan fingerprint density at radius 2 is 2.19 bits per heavy atom. The Hall–Kier alpha value is -2.69. The van der Waals surface area contributed by atoms with Crippen molar-refractivity contribution >= 4 is 22.0 Å². The van der Waals surface area contributed by atoms with E-state index in [4.69, 9.17) is 0 Å². The number of aromatic amines is 1. The fourth-order valence-corrected chi connectivity index (χ4v) is 3.65. The number of sulfonamides is 1. The van der Waals surface area contributed by atoms with Gasteiger partial charge in [-0.2, -0.15) is 5.21 Å². The minimum Gasteiger partial charge on any atom is -0.336 e. The quantitative estimate of drug-likeness (QED) is 0.706. The number of nitrogens with zero attached hydrogens (tertiary/aromatic N) is 4. The molecule has 3 rings (SSSR count). The van der Waals surface area contributed by atoms with E-state index in [9.17, 15) is 13.2 Å². The second-order valence-electron chi connectivity index (χ2n) is 6.20. The van der Waals surface area contributed by atoms with Gasteiger partial charge in [-0.05, 0) is 48.2 Å². The summed E-state index contributed by atoms with van der Waals surface area (Å²) in [6.07, 6.45) is 1.53. The SMILES string of the molecule is CC[C@H](C)NC(=O)N1CCc2ccc(S(=O)(=O)Nc3nn[nH]n3)cc2C1. The third kappa shape index (κ3) is 3.93. The maximum absolute atomic E-state index is 12.5. The number of amides is 2. The summed E-state index contributed by atoms with van der Waals surface area (Å²) in [5, 5.41) is 15.6. The van der Waals surface area contributed by atoms with Crippen molar-refractivity contribution in [2.75, 3.05) is 11.3 Å². The molecular formula is C15H21N7O3S. The van der Waals surface area contributed by atoms with Gasteiger partial charge in [-0.25, -0.2) is 17.9 Å². The summed E-state index contributed by atoms with van der Waals surface area (Å²) in [5.74, 6) is -0.128. The summed E-state index contributed by atoms with van der Waals surface area (Å²) in [6.45, 7) is 4.92. The number of carbonyl (C=O) groups excluding carboxylic acids is 1. The highest BCUT2D eigenvalue weighted by Crippen LogP contribution is 2.23. The highest BCUT2D eigenvalue weighted by Gasteiger charge is 2.24. The van der Waals surface area contributed by atoms with Crippen molar-refractivity contribution < 1.29 is 13.2 Å². The molecule has 1 atom stereocenters. The van der Waals surface area contributed by atoms with Crippen molar-refractivity contribution in [3.63, 3.8) is 0 Å². The zero-order chi connectivity index (χ0) is 18.7. The maximum Gasteiger partial charge on any atom is 0.317 e. The molecule has 140 valence electrons. The summed E-state index contributed by atoms with van der Waals surface area (Å²) >= 11 is 0. The van der Waals surface area contributed by atoms with E-state index < -0.39 is 10.0 Å². The average molecular weight is 379 g/mol. The number of fused-ring (bicyclic) bond motifs is 1. The van der Waals surface area contributed by atoms with Crippen LogP contribution in [0, 0.1) is 0 Å². The molecule has 0 saturated heterocycles. The van der Waals surface area contributed by atoms with Crippen LogP contribution in [-0.2, 0) is 23.0 Å². The van der Waals surface area contributed by atoms with Crippen LogP contribution in [0.15, 0.2) is 23.1 Å². The predicted molar refractivity (Wildman–Crippen MR) is 93.8 cm³/mol. The van der Waals surface area contributed by atoms with Crippen molar-refractivity contribution in [1.82, 2.24) is 30.8 Å². The zero-order valence-corrected chi connectivity index (χ0v) is 15.4. The van der Waals surface area contributed by atoms with Crippen molar-refractivity contribution in [2.24, 2.45) is 0 Å². The summed E-state index contributed by atoms with van der Waals surface area (Å²) in [6, 6.07) is 4.86. The Kier molecular flexibility index (Phi) is 5.07. The number of tetrazole rings is 1. The van der Waals surface area contributed by atoms with E-state index in [0.29, 0.717) is 19.5 Å². The number of hydrogen-bond donors (Lipinski definition) is 3.